The van der Waals surface area contributed by atoms with Gasteiger partial charge in [-0.05, 0) is 47.1 Å². The van der Waals surface area contributed by atoms with Gasteiger partial charge in [-0.15, -0.1) is 0 Å². The minimum absolute atomic E-state index is 0.0511. The Bertz CT molecular complexity index is 542. The second-order valence-electron chi connectivity index (χ2n) is 4.70. The maximum absolute atomic E-state index is 14.0. The van der Waals surface area contributed by atoms with Crippen LogP contribution >= 0.6 is 15.9 Å². The molecular formula is C16H18BrFN2. The highest BCUT2D eigenvalue weighted by molar-refractivity contribution is 9.10. The molecule has 0 bridgehead atoms. The van der Waals surface area contributed by atoms with Crippen molar-refractivity contribution < 1.29 is 4.39 Å². The van der Waals surface area contributed by atoms with Gasteiger partial charge in [-0.2, -0.15) is 0 Å². The van der Waals surface area contributed by atoms with E-state index in [-0.39, 0.29) is 11.9 Å². The van der Waals surface area contributed by atoms with Crippen LogP contribution in [0.25, 0.3) is 0 Å². The van der Waals surface area contributed by atoms with E-state index < -0.39 is 0 Å². The van der Waals surface area contributed by atoms with Gasteiger partial charge < -0.3 is 5.32 Å². The molecule has 0 radical (unpaired) electrons. The van der Waals surface area contributed by atoms with Crippen molar-refractivity contribution in [3.05, 3.63) is 64.1 Å². The molecule has 20 heavy (non-hydrogen) atoms. The molecule has 1 N–H and O–H groups in total. The summed E-state index contributed by atoms with van der Waals surface area (Å²) in [7, 11) is 0. The van der Waals surface area contributed by atoms with Crippen molar-refractivity contribution in [1.29, 1.82) is 0 Å². The summed E-state index contributed by atoms with van der Waals surface area (Å²) >= 11 is 3.37. The minimum Gasteiger partial charge on any atom is -0.310 e. The first-order valence-corrected chi connectivity index (χ1v) is 7.58. The third-order valence-electron chi connectivity index (χ3n) is 3.12. The number of nitrogens with one attached hydrogen (secondary N) is 1. The lowest BCUT2D eigenvalue weighted by atomic mass is 10.0. The van der Waals surface area contributed by atoms with Gasteiger partial charge in [-0.3, -0.25) is 4.98 Å². The Kier molecular flexibility index (Phi) is 5.68. The molecule has 106 valence electrons. The molecule has 1 heterocycles. The van der Waals surface area contributed by atoms with Gasteiger partial charge in [-0.25, -0.2) is 4.39 Å². The topological polar surface area (TPSA) is 24.9 Å². The van der Waals surface area contributed by atoms with Gasteiger partial charge in [0, 0.05) is 34.4 Å². The second kappa shape index (κ2) is 7.50. The summed E-state index contributed by atoms with van der Waals surface area (Å²) in [5, 5.41) is 3.40. The monoisotopic (exact) mass is 336 g/mol. The number of rotatable bonds is 6. The van der Waals surface area contributed by atoms with Crippen molar-refractivity contribution in [3.8, 4) is 0 Å². The molecule has 0 fully saturated rings. The number of halogens is 2. The fraction of sp³-hybridized carbons (Fsp3) is 0.312. The molecule has 0 amide bonds. The highest BCUT2D eigenvalue weighted by atomic mass is 79.9. The molecular weight excluding hydrogens is 319 g/mol. The highest BCUT2D eigenvalue weighted by Gasteiger charge is 2.15. The molecule has 0 aliphatic heterocycles. The summed E-state index contributed by atoms with van der Waals surface area (Å²) in [4.78, 5) is 4.37. The normalized spacial score (nSPS) is 12.3. The fourth-order valence-corrected chi connectivity index (χ4v) is 2.34. The van der Waals surface area contributed by atoms with Gasteiger partial charge in [0.2, 0.25) is 0 Å². The molecule has 1 aromatic heterocycles. The van der Waals surface area contributed by atoms with Crippen LogP contribution in [-0.4, -0.2) is 11.5 Å². The van der Waals surface area contributed by atoms with Crippen molar-refractivity contribution in [2.24, 2.45) is 0 Å². The van der Waals surface area contributed by atoms with Gasteiger partial charge in [0.15, 0.2) is 0 Å². The Morgan fingerprint density at radius 3 is 2.70 bits per heavy atom. The van der Waals surface area contributed by atoms with Crippen LogP contribution in [0.2, 0.25) is 0 Å². The van der Waals surface area contributed by atoms with E-state index in [1.807, 2.05) is 24.3 Å². The first kappa shape index (κ1) is 15.1. The molecule has 1 atom stereocenters. The van der Waals surface area contributed by atoms with Crippen molar-refractivity contribution in [2.45, 2.75) is 25.8 Å². The zero-order chi connectivity index (χ0) is 14.4. The average molecular weight is 337 g/mol. The Hall–Kier alpha value is -1.26. The van der Waals surface area contributed by atoms with Crippen molar-refractivity contribution in [1.82, 2.24) is 10.3 Å². The summed E-state index contributed by atoms with van der Waals surface area (Å²) in [5.41, 5.74) is 1.65. The van der Waals surface area contributed by atoms with Crippen molar-refractivity contribution >= 4 is 15.9 Å². The zero-order valence-electron chi connectivity index (χ0n) is 11.4. The van der Waals surface area contributed by atoms with E-state index in [1.165, 1.54) is 6.07 Å². The van der Waals surface area contributed by atoms with Gasteiger partial charge in [0.25, 0.3) is 0 Å². The van der Waals surface area contributed by atoms with Crippen LogP contribution in [-0.2, 0) is 6.42 Å². The van der Waals surface area contributed by atoms with E-state index in [2.05, 4.69) is 33.2 Å². The standard InChI is InChI=1S/C16H18BrFN2/c1-2-9-19-16(14-5-3-4-6-15(14)18)10-13-8-7-12(17)11-20-13/h3-8,11,16,19H,2,9-10H2,1H3. The number of pyridine rings is 1. The first-order chi connectivity index (χ1) is 9.70. The molecule has 1 unspecified atom stereocenters. The number of hydrogen-bond donors (Lipinski definition) is 1. The number of hydrogen-bond acceptors (Lipinski definition) is 2. The summed E-state index contributed by atoms with van der Waals surface area (Å²) in [5.74, 6) is -0.168. The summed E-state index contributed by atoms with van der Waals surface area (Å²) in [6.45, 7) is 2.96. The largest absolute Gasteiger partial charge is 0.310 e. The Morgan fingerprint density at radius 1 is 1.25 bits per heavy atom. The van der Waals surface area contributed by atoms with Gasteiger partial charge in [0.1, 0.15) is 5.82 Å². The predicted molar refractivity (Wildman–Crippen MR) is 83.1 cm³/mol. The lowest BCUT2D eigenvalue weighted by Crippen LogP contribution is -2.25. The molecule has 0 aliphatic rings. The summed E-state index contributed by atoms with van der Waals surface area (Å²) < 4.78 is 14.9. The summed E-state index contributed by atoms with van der Waals surface area (Å²) in [6.07, 6.45) is 3.46. The molecule has 4 heteroatoms. The zero-order valence-corrected chi connectivity index (χ0v) is 13.0. The SMILES string of the molecule is CCCNC(Cc1ccc(Br)cn1)c1ccccc1F. The smallest absolute Gasteiger partial charge is 0.127 e. The van der Waals surface area contributed by atoms with Crippen LogP contribution in [0.4, 0.5) is 4.39 Å². The molecule has 0 saturated carbocycles. The Balaban J connectivity index is 2.19. The molecule has 0 aliphatic carbocycles. The third-order valence-corrected chi connectivity index (χ3v) is 3.59. The van der Waals surface area contributed by atoms with Crippen molar-refractivity contribution in [2.75, 3.05) is 6.54 Å². The lowest BCUT2D eigenvalue weighted by Gasteiger charge is -2.19. The van der Waals surface area contributed by atoms with Gasteiger partial charge in [0.05, 0.1) is 0 Å². The second-order valence-corrected chi connectivity index (χ2v) is 5.62. The lowest BCUT2D eigenvalue weighted by molar-refractivity contribution is 0.493. The number of aromatic nitrogens is 1. The Morgan fingerprint density at radius 2 is 2.05 bits per heavy atom. The van der Waals surface area contributed by atoms with E-state index >= 15 is 0 Å². The third kappa shape index (κ3) is 4.12. The number of benzene rings is 1. The molecule has 0 saturated heterocycles. The van der Waals surface area contributed by atoms with Crippen LogP contribution in [0.5, 0.6) is 0 Å². The van der Waals surface area contributed by atoms with Crippen LogP contribution in [0.15, 0.2) is 47.1 Å². The number of nitrogens with zero attached hydrogens (tertiary/aromatic N) is 1. The van der Waals surface area contributed by atoms with Crippen LogP contribution in [0.3, 0.4) is 0 Å². The van der Waals surface area contributed by atoms with E-state index in [9.17, 15) is 4.39 Å². The Labute approximate surface area is 127 Å². The maximum Gasteiger partial charge on any atom is 0.127 e. The van der Waals surface area contributed by atoms with E-state index in [0.717, 1.165) is 23.1 Å². The average Bonchev–Trinajstić information content (AvgIpc) is 2.46. The molecule has 2 rings (SSSR count). The molecule has 2 nitrogen and oxygen atoms in total. The summed E-state index contributed by atoms with van der Waals surface area (Å²) in [6, 6.07) is 10.8. The van der Waals surface area contributed by atoms with Crippen LogP contribution < -0.4 is 5.32 Å². The fourth-order valence-electron chi connectivity index (χ4n) is 2.10. The predicted octanol–water partition coefficient (Wildman–Crippen LogP) is 4.27. The van der Waals surface area contributed by atoms with Crippen molar-refractivity contribution in [3.63, 3.8) is 0 Å². The molecule has 2 aromatic rings. The maximum atomic E-state index is 14.0. The van der Waals surface area contributed by atoms with Gasteiger partial charge >= 0.3 is 0 Å². The van der Waals surface area contributed by atoms with Gasteiger partial charge in [-0.1, -0.05) is 25.1 Å². The molecule has 1 aromatic carbocycles. The highest BCUT2D eigenvalue weighted by Crippen LogP contribution is 2.21. The van der Waals surface area contributed by atoms with Crippen LogP contribution in [0, 0.1) is 5.82 Å². The minimum atomic E-state index is -0.168. The first-order valence-electron chi connectivity index (χ1n) is 6.79. The van der Waals surface area contributed by atoms with E-state index in [4.69, 9.17) is 0 Å². The van der Waals surface area contributed by atoms with E-state index in [0.29, 0.717) is 12.0 Å². The quantitative estimate of drug-likeness (QED) is 0.852. The van der Waals surface area contributed by atoms with Crippen LogP contribution in [0.1, 0.15) is 30.6 Å². The van der Waals surface area contributed by atoms with E-state index in [1.54, 1.807) is 12.3 Å². The molecule has 0 spiro atoms.